The van der Waals surface area contributed by atoms with Crippen LogP contribution in [0.3, 0.4) is 0 Å². The van der Waals surface area contributed by atoms with E-state index in [1.807, 2.05) is 37.4 Å². The minimum Gasteiger partial charge on any atom is -0.397 e. The molecule has 0 saturated carbocycles. The van der Waals surface area contributed by atoms with Crippen molar-refractivity contribution in [3.05, 3.63) is 91.8 Å². The third-order valence-corrected chi connectivity index (χ3v) is 9.21. The second-order valence-corrected chi connectivity index (χ2v) is 12.9. The van der Waals surface area contributed by atoms with Crippen LogP contribution >= 0.6 is 0 Å². The van der Waals surface area contributed by atoms with Crippen LogP contribution in [0.5, 0.6) is 0 Å². The van der Waals surface area contributed by atoms with Gasteiger partial charge in [-0.25, -0.2) is 0 Å². The number of nitrogens with one attached hydrogen (secondary N) is 3. The number of nitrogens with zero attached hydrogens (tertiary/aromatic N) is 2. The Morgan fingerprint density at radius 2 is 1.19 bits per heavy atom. The molecule has 0 aliphatic carbocycles. The largest absolute Gasteiger partial charge is 0.397 e. The van der Waals surface area contributed by atoms with E-state index in [1.54, 1.807) is 36.4 Å². The first-order chi connectivity index (χ1) is 23.0. The van der Waals surface area contributed by atoms with Crippen molar-refractivity contribution in [3.63, 3.8) is 0 Å². The molecule has 0 spiro atoms. The van der Waals surface area contributed by atoms with Crippen molar-refractivity contribution in [1.29, 1.82) is 0 Å². The molecule has 1 fully saturated rings. The van der Waals surface area contributed by atoms with Crippen molar-refractivity contribution in [1.82, 2.24) is 9.13 Å². The van der Waals surface area contributed by atoms with Gasteiger partial charge in [-0.05, 0) is 109 Å². The van der Waals surface area contributed by atoms with Crippen molar-refractivity contribution in [3.8, 4) is 22.3 Å². The van der Waals surface area contributed by atoms with Crippen LogP contribution in [0.25, 0.3) is 22.3 Å². The van der Waals surface area contributed by atoms with Crippen LogP contribution in [0, 0.1) is 13.8 Å². The molecular formula is C37H42N6O5. The molecule has 2 amide bonds. The van der Waals surface area contributed by atoms with E-state index in [1.165, 1.54) is 0 Å². The van der Waals surface area contributed by atoms with Crippen molar-refractivity contribution >= 4 is 34.6 Å². The zero-order valence-corrected chi connectivity index (χ0v) is 27.9. The number of rotatable bonds is 4. The number of carbonyl (C=O) groups excluding carboxylic acids is 2. The Bertz CT molecular complexity index is 1990. The molecule has 7 rings (SSSR count). The lowest BCUT2D eigenvalue weighted by Gasteiger charge is -2.28. The first-order valence-electron chi connectivity index (χ1n) is 16.4. The molecule has 11 heteroatoms. The van der Waals surface area contributed by atoms with Crippen molar-refractivity contribution in [2.24, 2.45) is 14.1 Å². The average molecular weight is 651 g/mol. The van der Waals surface area contributed by atoms with Gasteiger partial charge in [-0.2, -0.15) is 0 Å². The SMILES string of the molecule is Cc1cc(-c2cc(N)c3c(c2)CCC(=O)N3)cn(C)c1=O.Cc1cc(-c2cc3c(c(NC4CCOCC4)c2)NC(=O)CC3)cn(C)c1=O. The van der Waals surface area contributed by atoms with Gasteiger partial charge in [0.1, 0.15) is 0 Å². The number of aromatic nitrogens is 2. The predicted octanol–water partition coefficient (Wildman–Crippen LogP) is 4.66. The highest BCUT2D eigenvalue weighted by molar-refractivity contribution is 5.99. The van der Waals surface area contributed by atoms with Gasteiger partial charge in [0.25, 0.3) is 11.1 Å². The second-order valence-electron chi connectivity index (χ2n) is 12.9. The first-order valence-corrected chi connectivity index (χ1v) is 16.4. The number of carbonyl (C=O) groups is 2. The van der Waals surface area contributed by atoms with E-state index in [0.29, 0.717) is 36.6 Å². The van der Waals surface area contributed by atoms with Gasteiger partial charge in [0, 0.05) is 69.7 Å². The molecule has 3 aliphatic rings. The van der Waals surface area contributed by atoms with Crippen molar-refractivity contribution < 1.29 is 14.3 Å². The number of hydrogen-bond acceptors (Lipinski definition) is 7. The fourth-order valence-electron chi connectivity index (χ4n) is 6.60. The van der Waals surface area contributed by atoms with E-state index in [2.05, 4.69) is 28.1 Å². The van der Waals surface area contributed by atoms with Crippen LogP contribution in [0.15, 0.2) is 58.4 Å². The lowest BCUT2D eigenvalue weighted by Crippen LogP contribution is -2.29. The molecule has 250 valence electrons. The minimum absolute atomic E-state index is 0.0000905. The number of benzene rings is 2. The standard InChI is InChI=1S/C21H25N3O3.C16H17N3O2/c1-13-9-16(12-24(2)21(13)26)15-10-14-3-4-19(25)23-20(14)18(11-15)22-17-5-7-27-8-6-17;1-9-5-12(8-19(2)16(9)21)11-6-10-3-4-14(20)18-15(10)13(17)7-11/h9-12,17,22H,3-8H2,1-2H3,(H,23,25);5-8H,3-4,17H2,1-2H3,(H,18,20). The number of nitrogens with two attached hydrogens (primary N) is 1. The van der Waals surface area contributed by atoms with Crippen LogP contribution in [0.2, 0.25) is 0 Å². The molecule has 2 aromatic carbocycles. The van der Waals surface area contributed by atoms with Gasteiger partial charge in [-0.15, -0.1) is 0 Å². The molecule has 5 N–H and O–H groups in total. The van der Waals surface area contributed by atoms with Crippen LogP contribution < -0.4 is 32.8 Å². The highest BCUT2D eigenvalue weighted by atomic mass is 16.5. The average Bonchev–Trinajstić information content (AvgIpc) is 3.06. The van der Waals surface area contributed by atoms with E-state index < -0.39 is 0 Å². The number of ether oxygens (including phenoxy) is 1. The minimum atomic E-state index is -0.00283. The molecule has 0 unspecified atom stereocenters. The number of amides is 2. The molecule has 48 heavy (non-hydrogen) atoms. The Hall–Kier alpha value is -5.16. The second kappa shape index (κ2) is 13.5. The van der Waals surface area contributed by atoms with Gasteiger partial charge in [0.05, 0.1) is 22.7 Å². The van der Waals surface area contributed by atoms with Gasteiger partial charge in [0.15, 0.2) is 0 Å². The third-order valence-electron chi connectivity index (χ3n) is 9.21. The molecule has 3 aliphatic heterocycles. The van der Waals surface area contributed by atoms with Gasteiger partial charge in [0.2, 0.25) is 11.8 Å². The lowest BCUT2D eigenvalue weighted by molar-refractivity contribution is -0.117. The summed E-state index contributed by atoms with van der Waals surface area (Å²) in [7, 11) is 3.51. The van der Waals surface area contributed by atoms with E-state index in [-0.39, 0.29) is 22.9 Å². The fourth-order valence-corrected chi connectivity index (χ4v) is 6.60. The maximum Gasteiger partial charge on any atom is 0.253 e. The zero-order valence-electron chi connectivity index (χ0n) is 27.9. The number of nitrogen functional groups attached to an aromatic ring is 1. The maximum absolute atomic E-state index is 12.0. The summed E-state index contributed by atoms with van der Waals surface area (Å²) in [5.41, 5.74) is 16.8. The van der Waals surface area contributed by atoms with E-state index in [0.717, 1.165) is 88.5 Å². The number of aryl methyl sites for hydroxylation is 6. The summed E-state index contributed by atoms with van der Waals surface area (Å²) in [6, 6.07) is 12.2. The Morgan fingerprint density at radius 3 is 1.73 bits per heavy atom. The molecule has 0 bridgehead atoms. The van der Waals surface area contributed by atoms with Gasteiger partial charge >= 0.3 is 0 Å². The fraction of sp³-hybridized carbons (Fsp3) is 0.351. The molecule has 5 heterocycles. The van der Waals surface area contributed by atoms with E-state index >= 15 is 0 Å². The van der Waals surface area contributed by atoms with Crippen LogP contribution in [-0.4, -0.2) is 40.2 Å². The van der Waals surface area contributed by atoms with Crippen LogP contribution in [0.4, 0.5) is 22.7 Å². The van der Waals surface area contributed by atoms with Gasteiger partial charge in [-0.1, -0.05) is 0 Å². The summed E-state index contributed by atoms with van der Waals surface area (Å²) in [5.74, 6) is 0.0585. The number of anilines is 4. The van der Waals surface area contributed by atoms with Crippen LogP contribution in [0.1, 0.15) is 47.9 Å². The summed E-state index contributed by atoms with van der Waals surface area (Å²) in [4.78, 5) is 47.2. The highest BCUT2D eigenvalue weighted by Gasteiger charge is 2.23. The number of pyridine rings is 2. The lowest BCUT2D eigenvalue weighted by atomic mass is 9.95. The summed E-state index contributed by atoms with van der Waals surface area (Å²) < 4.78 is 8.65. The van der Waals surface area contributed by atoms with E-state index in [9.17, 15) is 19.2 Å². The third kappa shape index (κ3) is 6.91. The summed E-state index contributed by atoms with van der Waals surface area (Å²) in [6.07, 6.45) is 7.96. The zero-order chi connectivity index (χ0) is 34.1. The summed E-state index contributed by atoms with van der Waals surface area (Å²) in [5, 5.41) is 9.48. The number of hydrogen-bond donors (Lipinski definition) is 4. The monoisotopic (exact) mass is 650 g/mol. The van der Waals surface area contributed by atoms with Gasteiger partial charge < -0.3 is 35.6 Å². The molecule has 4 aromatic rings. The first kappa shape index (κ1) is 32.8. The molecular weight excluding hydrogens is 608 g/mol. The summed E-state index contributed by atoms with van der Waals surface area (Å²) >= 11 is 0. The molecule has 11 nitrogen and oxygen atoms in total. The van der Waals surface area contributed by atoms with Crippen molar-refractivity contribution in [2.45, 2.75) is 58.4 Å². The molecule has 0 atom stereocenters. The van der Waals surface area contributed by atoms with Crippen LogP contribution in [-0.2, 0) is 41.3 Å². The van der Waals surface area contributed by atoms with Gasteiger partial charge in [-0.3, -0.25) is 19.2 Å². The normalized spacial score (nSPS) is 15.8. The molecule has 1 saturated heterocycles. The quantitative estimate of drug-likeness (QED) is 0.235. The van der Waals surface area contributed by atoms with Crippen molar-refractivity contribution in [2.75, 3.05) is 34.9 Å². The Balaban J connectivity index is 0.000000173. The Kier molecular flexibility index (Phi) is 9.23. The maximum atomic E-state index is 12.0. The number of fused-ring (bicyclic) bond motifs is 2. The smallest absolute Gasteiger partial charge is 0.253 e. The Labute approximate surface area is 279 Å². The highest BCUT2D eigenvalue weighted by Crippen LogP contribution is 2.37. The predicted molar refractivity (Wildman–Crippen MR) is 189 cm³/mol. The summed E-state index contributed by atoms with van der Waals surface area (Å²) in [6.45, 7) is 5.15. The molecule has 0 radical (unpaired) electrons. The Morgan fingerprint density at radius 1 is 0.688 bits per heavy atom. The topological polar surface area (TPSA) is 149 Å². The molecule has 2 aromatic heterocycles. The van der Waals surface area contributed by atoms with E-state index in [4.69, 9.17) is 10.5 Å².